The van der Waals surface area contributed by atoms with Crippen LogP contribution >= 0.6 is 0 Å². The van der Waals surface area contributed by atoms with Crippen LogP contribution in [0, 0.1) is 6.92 Å². The first-order valence-corrected chi connectivity index (χ1v) is 7.29. The molecule has 0 aliphatic rings. The van der Waals surface area contributed by atoms with Gasteiger partial charge in [-0.05, 0) is 30.7 Å². The van der Waals surface area contributed by atoms with Crippen LogP contribution in [0.4, 0.5) is 5.69 Å². The molecule has 0 unspecified atom stereocenters. The van der Waals surface area contributed by atoms with E-state index in [1.165, 1.54) is 0 Å². The quantitative estimate of drug-likeness (QED) is 0.759. The first-order chi connectivity index (χ1) is 11.2. The number of para-hydroxylation sites is 1. The number of nitrogens with zero attached hydrogens (tertiary/aromatic N) is 1. The maximum Gasteiger partial charge on any atom is 0.262 e. The number of amides is 1. The van der Waals surface area contributed by atoms with E-state index in [4.69, 9.17) is 4.74 Å². The summed E-state index contributed by atoms with van der Waals surface area (Å²) in [5, 5.41) is 2.84. The number of aromatic amines is 1. The summed E-state index contributed by atoms with van der Waals surface area (Å²) in [5.41, 5.74) is 3.58. The van der Waals surface area contributed by atoms with Crippen molar-refractivity contribution in [2.45, 2.75) is 6.92 Å². The summed E-state index contributed by atoms with van der Waals surface area (Å²) in [7, 11) is 0. The van der Waals surface area contributed by atoms with Gasteiger partial charge >= 0.3 is 0 Å². The number of aromatic nitrogens is 2. The van der Waals surface area contributed by atoms with Crippen LogP contribution in [-0.4, -0.2) is 22.5 Å². The number of ether oxygens (including phenoxy) is 1. The van der Waals surface area contributed by atoms with Gasteiger partial charge in [-0.3, -0.25) is 4.79 Å². The van der Waals surface area contributed by atoms with Crippen LogP contribution < -0.4 is 10.1 Å². The Balaban J connectivity index is 1.62. The van der Waals surface area contributed by atoms with Crippen LogP contribution in [0.25, 0.3) is 11.3 Å². The van der Waals surface area contributed by atoms with E-state index in [1.807, 2.05) is 55.5 Å². The molecule has 1 aromatic heterocycles. The first-order valence-electron chi connectivity index (χ1n) is 7.29. The Morgan fingerprint density at radius 3 is 2.87 bits per heavy atom. The molecule has 0 saturated heterocycles. The minimum Gasteiger partial charge on any atom is -0.483 e. The summed E-state index contributed by atoms with van der Waals surface area (Å²) >= 11 is 0. The van der Waals surface area contributed by atoms with Gasteiger partial charge in [-0.15, -0.1) is 0 Å². The lowest BCUT2D eigenvalue weighted by molar-refractivity contribution is -0.118. The average molecular weight is 307 g/mol. The minimum atomic E-state index is -0.199. The summed E-state index contributed by atoms with van der Waals surface area (Å²) in [6, 6.07) is 15.2. The Kier molecular flexibility index (Phi) is 4.38. The lowest BCUT2D eigenvalue weighted by atomic mass is 10.1. The highest BCUT2D eigenvalue weighted by molar-refractivity contribution is 5.92. The highest BCUT2D eigenvalue weighted by Gasteiger charge is 2.06. The standard InChI is InChI=1S/C18H17N3O2/c1-13-5-2-3-8-17(13)23-11-18(22)21-15-7-4-6-14(9-15)16-10-19-12-20-16/h2-10,12H,11H2,1H3,(H,19,20)(H,21,22). The number of hydrogen-bond donors (Lipinski definition) is 2. The van der Waals surface area contributed by atoms with E-state index < -0.39 is 0 Å². The molecule has 0 saturated carbocycles. The first kappa shape index (κ1) is 14.8. The molecule has 0 bridgehead atoms. The zero-order chi connectivity index (χ0) is 16.1. The molecule has 5 heteroatoms. The molecule has 23 heavy (non-hydrogen) atoms. The molecule has 3 aromatic rings. The number of imidazole rings is 1. The molecule has 116 valence electrons. The summed E-state index contributed by atoms with van der Waals surface area (Å²) < 4.78 is 5.55. The Bertz CT molecular complexity index is 798. The fourth-order valence-electron chi connectivity index (χ4n) is 2.24. The van der Waals surface area contributed by atoms with Gasteiger partial charge < -0.3 is 15.0 Å². The van der Waals surface area contributed by atoms with Crippen molar-refractivity contribution in [3.8, 4) is 17.0 Å². The number of nitrogens with one attached hydrogen (secondary N) is 2. The number of aryl methyl sites for hydroxylation is 1. The third-order valence-corrected chi connectivity index (χ3v) is 3.41. The predicted molar refractivity (Wildman–Crippen MR) is 89.3 cm³/mol. The lowest BCUT2D eigenvalue weighted by Crippen LogP contribution is -2.20. The van der Waals surface area contributed by atoms with Crippen molar-refractivity contribution >= 4 is 11.6 Å². The lowest BCUT2D eigenvalue weighted by Gasteiger charge is -2.10. The number of benzene rings is 2. The largest absolute Gasteiger partial charge is 0.483 e. The van der Waals surface area contributed by atoms with Crippen LogP contribution in [-0.2, 0) is 4.79 Å². The van der Waals surface area contributed by atoms with Gasteiger partial charge in [0.25, 0.3) is 5.91 Å². The van der Waals surface area contributed by atoms with Gasteiger partial charge in [-0.2, -0.15) is 0 Å². The highest BCUT2D eigenvalue weighted by atomic mass is 16.5. The summed E-state index contributed by atoms with van der Waals surface area (Å²) in [4.78, 5) is 19.1. The Morgan fingerprint density at radius 2 is 2.09 bits per heavy atom. The maximum atomic E-state index is 12.0. The van der Waals surface area contributed by atoms with E-state index in [2.05, 4.69) is 15.3 Å². The topological polar surface area (TPSA) is 67.0 Å². The SMILES string of the molecule is Cc1ccccc1OCC(=O)Nc1cccc(-c2cnc[nH]2)c1. The molecule has 2 aromatic carbocycles. The number of hydrogen-bond acceptors (Lipinski definition) is 3. The molecule has 0 radical (unpaired) electrons. The molecule has 0 fully saturated rings. The van der Waals surface area contributed by atoms with Crippen molar-refractivity contribution in [1.29, 1.82) is 0 Å². The van der Waals surface area contributed by atoms with Gasteiger partial charge in [0, 0.05) is 11.3 Å². The van der Waals surface area contributed by atoms with Crippen LogP contribution in [0.2, 0.25) is 0 Å². The number of carbonyl (C=O) groups excluding carboxylic acids is 1. The normalized spacial score (nSPS) is 10.3. The second-order valence-electron chi connectivity index (χ2n) is 5.15. The zero-order valence-electron chi connectivity index (χ0n) is 12.7. The van der Waals surface area contributed by atoms with Gasteiger partial charge in [0.2, 0.25) is 0 Å². The smallest absolute Gasteiger partial charge is 0.262 e. The Labute approximate surface area is 134 Å². The van der Waals surface area contributed by atoms with Gasteiger partial charge in [0.1, 0.15) is 5.75 Å². The van der Waals surface area contributed by atoms with Crippen molar-refractivity contribution in [1.82, 2.24) is 9.97 Å². The van der Waals surface area contributed by atoms with Gasteiger partial charge in [-0.1, -0.05) is 30.3 Å². The van der Waals surface area contributed by atoms with E-state index in [1.54, 1.807) is 12.5 Å². The molecular formula is C18H17N3O2. The predicted octanol–water partition coefficient (Wildman–Crippen LogP) is 3.40. The molecule has 2 N–H and O–H groups in total. The van der Waals surface area contributed by atoms with Crippen molar-refractivity contribution in [2.24, 2.45) is 0 Å². The van der Waals surface area contributed by atoms with E-state index in [0.717, 1.165) is 22.5 Å². The van der Waals surface area contributed by atoms with E-state index in [0.29, 0.717) is 5.75 Å². The summed E-state index contributed by atoms with van der Waals surface area (Å²) in [6.07, 6.45) is 3.36. The molecule has 3 rings (SSSR count). The van der Waals surface area contributed by atoms with Gasteiger partial charge in [-0.25, -0.2) is 4.98 Å². The van der Waals surface area contributed by atoms with Crippen LogP contribution in [0.3, 0.4) is 0 Å². The zero-order valence-corrected chi connectivity index (χ0v) is 12.7. The van der Waals surface area contributed by atoms with E-state index in [9.17, 15) is 4.79 Å². The van der Waals surface area contributed by atoms with Crippen LogP contribution in [0.5, 0.6) is 5.75 Å². The fraction of sp³-hybridized carbons (Fsp3) is 0.111. The molecule has 0 aliphatic heterocycles. The third-order valence-electron chi connectivity index (χ3n) is 3.41. The molecule has 0 aliphatic carbocycles. The molecule has 1 amide bonds. The third kappa shape index (κ3) is 3.77. The van der Waals surface area contributed by atoms with E-state index in [-0.39, 0.29) is 12.5 Å². The van der Waals surface area contributed by atoms with Gasteiger partial charge in [0.05, 0.1) is 18.2 Å². The molecule has 5 nitrogen and oxygen atoms in total. The molecule has 0 spiro atoms. The van der Waals surface area contributed by atoms with Crippen molar-refractivity contribution in [2.75, 3.05) is 11.9 Å². The average Bonchev–Trinajstić information content (AvgIpc) is 3.09. The summed E-state index contributed by atoms with van der Waals surface area (Å²) in [6.45, 7) is 1.92. The van der Waals surface area contributed by atoms with Crippen molar-refractivity contribution < 1.29 is 9.53 Å². The number of anilines is 1. The Hall–Kier alpha value is -3.08. The number of rotatable bonds is 5. The fourth-order valence-corrected chi connectivity index (χ4v) is 2.24. The molecule has 1 heterocycles. The van der Waals surface area contributed by atoms with Crippen LogP contribution in [0.1, 0.15) is 5.56 Å². The second-order valence-corrected chi connectivity index (χ2v) is 5.15. The molecular weight excluding hydrogens is 290 g/mol. The second kappa shape index (κ2) is 6.79. The number of H-pyrrole nitrogens is 1. The number of carbonyl (C=O) groups is 1. The van der Waals surface area contributed by atoms with E-state index >= 15 is 0 Å². The molecule has 0 atom stereocenters. The van der Waals surface area contributed by atoms with Crippen LogP contribution in [0.15, 0.2) is 61.1 Å². The van der Waals surface area contributed by atoms with Crippen molar-refractivity contribution in [3.63, 3.8) is 0 Å². The maximum absolute atomic E-state index is 12.0. The van der Waals surface area contributed by atoms with Crippen molar-refractivity contribution in [3.05, 3.63) is 66.6 Å². The minimum absolute atomic E-state index is 0.0286. The monoisotopic (exact) mass is 307 g/mol. The summed E-state index contributed by atoms with van der Waals surface area (Å²) in [5.74, 6) is 0.517. The van der Waals surface area contributed by atoms with Gasteiger partial charge in [0.15, 0.2) is 6.61 Å². The highest BCUT2D eigenvalue weighted by Crippen LogP contribution is 2.20. The Morgan fingerprint density at radius 1 is 1.22 bits per heavy atom.